The molecule has 1 aliphatic carbocycles. The zero-order valence-electron chi connectivity index (χ0n) is 9.02. The Bertz CT molecular complexity index is 402. The molecule has 0 atom stereocenters. The van der Waals surface area contributed by atoms with Crippen LogP contribution >= 0.6 is 0 Å². The largest absolute Gasteiger partial charge is 0.481 e. The van der Waals surface area contributed by atoms with Crippen LogP contribution in [0.4, 0.5) is 5.95 Å². The lowest BCUT2D eigenvalue weighted by atomic mass is 9.81. The molecule has 1 aromatic rings. The fourth-order valence-corrected chi connectivity index (χ4v) is 1.90. The van der Waals surface area contributed by atoms with Crippen LogP contribution in [0.15, 0.2) is 6.20 Å². The van der Waals surface area contributed by atoms with E-state index in [-0.39, 0.29) is 12.4 Å². The lowest BCUT2D eigenvalue weighted by Crippen LogP contribution is -2.15. The second-order valence-electron chi connectivity index (χ2n) is 4.16. The lowest BCUT2D eigenvalue weighted by molar-refractivity contribution is -0.136. The third kappa shape index (κ3) is 2.29. The fraction of sp³-hybridized carbons (Fsp3) is 0.545. The molecule has 1 aromatic heterocycles. The van der Waals surface area contributed by atoms with Crippen molar-refractivity contribution in [3.8, 4) is 0 Å². The number of aromatic nitrogens is 2. The summed E-state index contributed by atoms with van der Waals surface area (Å²) in [5.41, 5.74) is 7.45. The third-order valence-corrected chi connectivity index (χ3v) is 3.02. The Hall–Kier alpha value is -1.65. The van der Waals surface area contributed by atoms with Crippen LogP contribution in [0.25, 0.3) is 0 Å². The van der Waals surface area contributed by atoms with Crippen LogP contribution in [0.1, 0.15) is 42.9 Å². The fourth-order valence-electron chi connectivity index (χ4n) is 1.90. The number of carbonyl (C=O) groups is 1. The topological polar surface area (TPSA) is 89.1 Å². The first-order valence-corrected chi connectivity index (χ1v) is 5.50. The summed E-state index contributed by atoms with van der Waals surface area (Å²) >= 11 is 0. The molecule has 0 bridgehead atoms. The average molecular weight is 221 g/mol. The van der Waals surface area contributed by atoms with E-state index in [4.69, 9.17) is 10.8 Å². The molecular weight excluding hydrogens is 206 g/mol. The molecule has 0 aliphatic heterocycles. The molecule has 2 rings (SSSR count). The van der Waals surface area contributed by atoms with Gasteiger partial charge in [0.1, 0.15) is 0 Å². The van der Waals surface area contributed by atoms with Gasteiger partial charge in [-0.2, -0.15) is 0 Å². The average Bonchev–Trinajstić information content (AvgIpc) is 2.13. The maximum Gasteiger partial charge on any atom is 0.303 e. The molecule has 1 saturated carbocycles. The van der Waals surface area contributed by atoms with Gasteiger partial charge >= 0.3 is 5.97 Å². The molecule has 0 spiro atoms. The third-order valence-electron chi connectivity index (χ3n) is 3.02. The van der Waals surface area contributed by atoms with Gasteiger partial charge in [0.05, 0.1) is 5.69 Å². The van der Waals surface area contributed by atoms with Crippen LogP contribution < -0.4 is 5.73 Å². The van der Waals surface area contributed by atoms with Crippen molar-refractivity contribution in [2.45, 2.75) is 38.0 Å². The number of nitrogens with zero attached hydrogens (tertiary/aromatic N) is 2. The van der Waals surface area contributed by atoms with Crippen molar-refractivity contribution in [2.75, 3.05) is 5.73 Å². The molecule has 86 valence electrons. The maximum absolute atomic E-state index is 10.5. The van der Waals surface area contributed by atoms with E-state index in [1.54, 1.807) is 6.20 Å². The van der Waals surface area contributed by atoms with Crippen molar-refractivity contribution < 1.29 is 9.90 Å². The van der Waals surface area contributed by atoms with E-state index in [9.17, 15) is 4.79 Å². The van der Waals surface area contributed by atoms with E-state index < -0.39 is 5.97 Å². The van der Waals surface area contributed by atoms with Gasteiger partial charge in [-0.25, -0.2) is 9.97 Å². The standard InChI is InChI=1S/C11H15N3O2/c12-11-13-6-8(4-5-9(15)16)10(14-11)7-2-1-3-7/h6-7H,1-5H2,(H,15,16)(H2,12,13,14). The van der Waals surface area contributed by atoms with E-state index in [2.05, 4.69) is 9.97 Å². The molecule has 0 amide bonds. The van der Waals surface area contributed by atoms with E-state index in [1.165, 1.54) is 6.42 Å². The maximum atomic E-state index is 10.5. The van der Waals surface area contributed by atoms with E-state index >= 15 is 0 Å². The van der Waals surface area contributed by atoms with Crippen LogP contribution in [0, 0.1) is 0 Å². The zero-order valence-corrected chi connectivity index (χ0v) is 9.02. The molecule has 16 heavy (non-hydrogen) atoms. The van der Waals surface area contributed by atoms with Crippen LogP contribution in [-0.2, 0) is 11.2 Å². The molecule has 1 fully saturated rings. The van der Waals surface area contributed by atoms with Crippen molar-refractivity contribution in [1.82, 2.24) is 9.97 Å². The summed E-state index contributed by atoms with van der Waals surface area (Å²) in [6, 6.07) is 0. The molecule has 0 radical (unpaired) electrons. The minimum Gasteiger partial charge on any atom is -0.481 e. The Balaban J connectivity index is 2.17. The monoisotopic (exact) mass is 221 g/mol. The Morgan fingerprint density at radius 3 is 2.88 bits per heavy atom. The normalized spacial score (nSPS) is 15.8. The van der Waals surface area contributed by atoms with E-state index in [1.807, 2.05) is 0 Å². The highest BCUT2D eigenvalue weighted by Crippen LogP contribution is 2.37. The Morgan fingerprint density at radius 1 is 1.56 bits per heavy atom. The van der Waals surface area contributed by atoms with Gasteiger partial charge in [-0.15, -0.1) is 0 Å². The van der Waals surface area contributed by atoms with E-state index in [0.717, 1.165) is 24.1 Å². The minimum absolute atomic E-state index is 0.118. The molecule has 0 aromatic carbocycles. The highest BCUT2D eigenvalue weighted by atomic mass is 16.4. The second-order valence-corrected chi connectivity index (χ2v) is 4.16. The quantitative estimate of drug-likeness (QED) is 0.800. The molecular formula is C11H15N3O2. The van der Waals surface area contributed by atoms with Gasteiger partial charge in [0.2, 0.25) is 5.95 Å². The molecule has 1 aliphatic rings. The summed E-state index contributed by atoms with van der Waals surface area (Å²) in [4.78, 5) is 18.7. The van der Waals surface area contributed by atoms with Crippen LogP contribution in [-0.4, -0.2) is 21.0 Å². The lowest BCUT2D eigenvalue weighted by Gasteiger charge is -2.26. The van der Waals surface area contributed by atoms with Crippen molar-refractivity contribution in [3.05, 3.63) is 17.5 Å². The first-order valence-electron chi connectivity index (χ1n) is 5.50. The minimum atomic E-state index is -0.795. The first-order chi connectivity index (χ1) is 7.66. The number of nitrogens with two attached hydrogens (primary N) is 1. The number of nitrogen functional groups attached to an aromatic ring is 1. The number of carboxylic acid groups (broad SMARTS) is 1. The molecule has 0 unspecified atom stereocenters. The van der Waals surface area contributed by atoms with Crippen molar-refractivity contribution in [1.29, 1.82) is 0 Å². The number of aryl methyl sites for hydroxylation is 1. The second kappa shape index (κ2) is 4.47. The number of anilines is 1. The predicted octanol–water partition coefficient (Wildman–Crippen LogP) is 1.34. The van der Waals surface area contributed by atoms with Crippen LogP contribution in [0.2, 0.25) is 0 Å². The van der Waals surface area contributed by atoms with Gasteiger partial charge in [0, 0.05) is 18.5 Å². The molecule has 5 nitrogen and oxygen atoms in total. The number of hydrogen-bond acceptors (Lipinski definition) is 4. The molecule has 1 heterocycles. The molecule has 3 N–H and O–H groups in total. The Kier molecular flexibility index (Phi) is 3.03. The van der Waals surface area contributed by atoms with Gasteiger partial charge in [-0.1, -0.05) is 6.42 Å². The van der Waals surface area contributed by atoms with Crippen molar-refractivity contribution in [3.63, 3.8) is 0 Å². The van der Waals surface area contributed by atoms with Crippen molar-refractivity contribution >= 4 is 11.9 Å². The molecule has 5 heteroatoms. The van der Waals surface area contributed by atoms with Gasteiger partial charge in [0.15, 0.2) is 0 Å². The first kappa shape index (κ1) is 10.9. The SMILES string of the molecule is Nc1ncc(CCC(=O)O)c(C2CCC2)n1. The summed E-state index contributed by atoms with van der Waals surface area (Å²) in [5.74, 6) is -0.0635. The summed E-state index contributed by atoms with van der Waals surface area (Å²) in [5, 5.41) is 8.66. The van der Waals surface area contributed by atoms with Gasteiger partial charge in [-0.05, 0) is 24.8 Å². The van der Waals surface area contributed by atoms with Crippen LogP contribution in [0.5, 0.6) is 0 Å². The number of carboxylic acids is 1. The number of aliphatic carboxylic acids is 1. The molecule has 0 saturated heterocycles. The highest BCUT2D eigenvalue weighted by molar-refractivity contribution is 5.67. The summed E-state index contributed by atoms with van der Waals surface area (Å²) in [6.45, 7) is 0. The number of rotatable bonds is 4. The van der Waals surface area contributed by atoms with Gasteiger partial charge < -0.3 is 10.8 Å². The van der Waals surface area contributed by atoms with Crippen LogP contribution in [0.3, 0.4) is 0 Å². The van der Waals surface area contributed by atoms with Gasteiger partial charge in [-0.3, -0.25) is 4.79 Å². The summed E-state index contributed by atoms with van der Waals surface area (Å²) in [7, 11) is 0. The summed E-state index contributed by atoms with van der Waals surface area (Å²) in [6.07, 6.45) is 5.73. The Morgan fingerprint density at radius 2 is 2.31 bits per heavy atom. The highest BCUT2D eigenvalue weighted by Gasteiger charge is 2.24. The smallest absolute Gasteiger partial charge is 0.303 e. The van der Waals surface area contributed by atoms with Gasteiger partial charge in [0.25, 0.3) is 0 Å². The summed E-state index contributed by atoms with van der Waals surface area (Å²) < 4.78 is 0. The van der Waals surface area contributed by atoms with E-state index in [0.29, 0.717) is 12.3 Å². The predicted molar refractivity (Wildman–Crippen MR) is 59.0 cm³/mol. The number of hydrogen-bond donors (Lipinski definition) is 2. The zero-order chi connectivity index (χ0) is 11.5. The Labute approximate surface area is 93.7 Å². The van der Waals surface area contributed by atoms with Crippen molar-refractivity contribution in [2.24, 2.45) is 0 Å².